The van der Waals surface area contributed by atoms with Gasteiger partial charge < -0.3 is 15.8 Å². The molecule has 0 radical (unpaired) electrons. The topological polar surface area (TPSA) is 126 Å². The van der Waals surface area contributed by atoms with Gasteiger partial charge >= 0.3 is 5.69 Å². The summed E-state index contributed by atoms with van der Waals surface area (Å²) >= 11 is 0. The fraction of sp³-hybridized carbons (Fsp3) is 0.545. The number of nitrogen functional groups attached to an aromatic ring is 1. The van der Waals surface area contributed by atoms with Gasteiger partial charge in [-0.1, -0.05) is 0 Å². The molecule has 1 aliphatic rings. The fourth-order valence-electron chi connectivity index (χ4n) is 2.01. The van der Waals surface area contributed by atoms with E-state index in [-0.39, 0.29) is 23.5 Å². The maximum absolute atomic E-state index is 10.9. The first kappa shape index (κ1) is 13.5. The summed E-state index contributed by atoms with van der Waals surface area (Å²) in [5, 5.41) is 22.9. The van der Waals surface area contributed by atoms with Crippen molar-refractivity contribution in [2.24, 2.45) is 11.3 Å². The minimum absolute atomic E-state index is 0.0520. The van der Waals surface area contributed by atoms with E-state index in [2.05, 4.69) is 15.7 Å². The molecule has 1 fully saturated rings. The third-order valence-corrected chi connectivity index (χ3v) is 3.45. The molecule has 8 heteroatoms. The van der Waals surface area contributed by atoms with Gasteiger partial charge in [-0.2, -0.15) is 0 Å². The fourth-order valence-corrected chi connectivity index (χ4v) is 2.01. The summed E-state index contributed by atoms with van der Waals surface area (Å²) in [6.45, 7) is 0.691. The van der Waals surface area contributed by atoms with Crippen molar-refractivity contribution in [2.75, 3.05) is 23.9 Å². The number of aliphatic hydroxyl groups is 1. The predicted molar refractivity (Wildman–Crippen MR) is 70.6 cm³/mol. The summed E-state index contributed by atoms with van der Waals surface area (Å²) in [6, 6.07) is 2.81. The van der Waals surface area contributed by atoms with E-state index >= 15 is 0 Å². The molecule has 0 aliphatic heterocycles. The van der Waals surface area contributed by atoms with Crippen molar-refractivity contribution in [3.63, 3.8) is 0 Å². The Labute approximate surface area is 110 Å². The Kier molecular flexibility index (Phi) is 3.82. The number of anilines is 2. The Hall–Kier alpha value is -1.93. The first-order valence-electron chi connectivity index (χ1n) is 6.07. The Bertz CT molecular complexity index is 475. The monoisotopic (exact) mass is 267 g/mol. The third kappa shape index (κ3) is 3.09. The molecule has 5 N–H and O–H groups in total. The minimum atomic E-state index is -0.485. The van der Waals surface area contributed by atoms with Gasteiger partial charge in [0.1, 0.15) is 5.82 Å². The van der Waals surface area contributed by atoms with Crippen molar-refractivity contribution >= 4 is 17.3 Å². The van der Waals surface area contributed by atoms with Gasteiger partial charge in [-0.25, -0.2) is 10.8 Å². The quantitative estimate of drug-likeness (QED) is 0.327. The summed E-state index contributed by atoms with van der Waals surface area (Å²) in [4.78, 5) is 14.5. The number of hydrogen-bond acceptors (Lipinski definition) is 7. The van der Waals surface area contributed by atoms with Gasteiger partial charge in [-0.15, -0.1) is 0 Å². The summed E-state index contributed by atoms with van der Waals surface area (Å²) in [7, 11) is 0. The number of nitrogens with zero attached hydrogens (tertiary/aromatic N) is 2. The molecule has 1 aliphatic carbocycles. The number of hydrazine groups is 1. The lowest BCUT2D eigenvalue weighted by atomic mass is 10.0. The summed E-state index contributed by atoms with van der Waals surface area (Å²) in [5.74, 6) is 5.80. The van der Waals surface area contributed by atoms with Crippen LogP contribution in [0.25, 0.3) is 0 Å². The highest BCUT2D eigenvalue weighted by Crippen LogP contribution is 2.48. The summed E-state index contributed by atoms with van der Waals surface area (Å²) in [6.07, 6.45) is 2.73. The highest BCUT2D eigenvalue weighted by Gasteiger charge is 2.41. The number of rotatable bonds is 7. The molecule has 0 spiro atoms. The third-order valence-electron chi connectivity index (χ3n) is 3.45. The molecule has 104 valence electrons. The van der Waals surface area contributed by atoms with Gasteiger partial charge in [0.25, 0.3) is 0 Å². The van der Waals surface area contributed by atoms with Crippen LogP contribution < -0.4 is 16.6 Å². The van der Waals surface area contributed by atoms with Crippen LogP contribution in [0.3, 0.4) is 0 Å². The van der Waals surface area contributed by atoms with Crippen LogP contribution >= 0.6 is 0 Å². The van der Waals surface area contributed by atoms with Crippen LogP contribution in [0.4, 0.5) is 17.3 Å². The zero-order valence-electron chi connectivity index (χ0n) is 10.4. The Balaban J connectivity index is 2.11. The second-order valence-corrected chi connectivity index (χ2v) is 4.79. The average Bonchev–Trinajstić information content (AvgIpc) is 3.16. The molecule has 1 heterocycles. The number of pyridine rings is 1. The van der Waals surface area contributed by atoms with Crippen LogP contribution in [0.1, 0.15) is 19.3 Å². The molecule has 0 amide bonds. The number of nitrogens with one attached hydrogen (secondary N) is 2. The lowest BCUT2D eigenvalue weighted by molar-refractivity contribution is -0.384. The molecular formula is C11H17N5O3. The van der Waals surface area contributed by atoms with Crippen molar-refractivity contribution in [3.05, 3.63) is 22.2 Å². The van der Waals surface area contributed by atoms with E-state index in [0.717, 1.165) is 12.8 Å². The van der Waals surface area contributed by atoms with Crippen LogP contribution in [0.2, 0.25) is 0 Å². The van der Waals surface area contributed by atoms with E-state index in [0.29, 0.717) is 18.8 Å². The Morgan fingerprint density at radius 1 is 1.53 bits per heavy atom. The molecule has 1 saturated carbocycles. The van der Waals surface area contributed by atoms with Crippen LogP contribution in [0.5, 0.6) is 0 Å². The minimum Gasteiger partial charge on any atom is -0.396 e. The second kappa shape index (κ2) is 5.37. The smallest absolute Gasteiger partial charge is 0.311 e. The molecule has 0 unspecified atom stereocenters. The molecule has 1 aromatic heterocycles. The first-order chi connectivity index (χ1) is 9.10. The zero-order valence-corrected chi connectivity index (χ0v) is 10.4. The van der Waals surface area contributed by atoms with Gasteiger partial charge in [0.05, 0.1) is 4.92 Å². The highest BCUT2D eigenvalue weighted by atomic mass is 16.6. The van der Waals surface area contributed by atoms with Crippen molar-refractivity contribution in [1.82, 2.24) is 4.98 Å². The maximum atomic E-state index is 10.9. The molecule has 2 rings (SSSR count). The van der Waals surface area contributed by atoms with Gasteiger partial charge in [-0.3, -0.25) is 10.1 Å². The van der Waals surface area contributed by atoms with Gasteiger partial charge in [-0.05, 0) is 30.7 Å². The summed E-state index contributed by atoms with van der Waals surface area (Å²) < 4.78 is 0. The molecule has 8 nitrogen and oxygen atoms in total. The first-order valence-corrected chi connectivity index (χ1v) is 6.07. The van der Waals surface area contributed by atoms with Gasteiger partial charge in [0, 0.05) is 19.2 Å². The number of nitro groups is 1. The molecule has 0 saturated heterocycles. The standard InChI is InChI=1S/C11H17N5O3/c12-15-9-2-1-8(16(18)19)10(14-9)13-7-11(3-4-11)5-6-17/h1-2,17H,3-7,12H2,(H2,13,14,15). The molecule has 0 bridgehead atoms. The maximum Gasteiger partial charge on any atom is 0.311 e. The summed E-state index contributed by atoms with van der Waals surface area (Å²) in [5.41, 5.74) is 2.33. The van der Waals surface area contributed by atoms with E-state index in [9.17, 15) is 10.1 Å². The van der Waals surface area contributed by atoms with Gasteiger partial charge in [0.2, 0.25) is 5.82 Å². The SMILES string of the molecule is NNc1ccc([N+](=O)[O-])c(NCC2(CCO)CC2)n1. The Morgan fingerprint density at radius 3 is 2.79 bits per heavy atom. The van der Waals surface area contributed by atoms with Crippen molar-refractivity contribution in [2.45, 2.75) is 19.3 Å². The molecule has 0 aromatic carbocycles. The van der Waals surface area contributed by atoms with E-state index in [4.69, 9.17) is 10.9 Å². The molecule has 0 atom stereocenters. The average molecular weight is 267 g/mol. The number of aliphatic hydroxyl groups excluding tert-OH is 1. The number of hydrogen-bond donors (Lipinski definition) is 4. The molecular weight excluding hydrogens is 250 g/mol. The van der Waals surface area contributed by atoms with Crippen LogP contribution in [0, 0.1) is 15.5 Å². The van der Waals surface area contributed by atoms with E-state index in [1.165, 1.54) is 12.1 Å². The lowest BCUT2D eigenvalue weighted by Gasteiger charge is -2.15. The highest BCUT2D eigenvalue weighted by molar-refractivity contribution is 5.60. The van der Waals surface area contributed by atoms with E-state index < -0.39 is 4.92 Å². The zero-order chi connectivity index (χ0) is 13.9. The number of nitrogens with two attached hydrogens (primary N) is 1. The van der Waals surface area contributed by atoms with Crippen molar-refractivity contribution in [3.8, 4) is 0 Å². The van der Waals surface area contributed by atoms with Crippen molar-refractivity contribution in [1.29, 1.82) is 0 Å². The van der Waals surface area contributed by atoms with Crippen LogP contribution in [0.15, 0.2) is 12.1 Å². The number of aromatic nitrogens is 1. The van der Waals surface area contributed by atoms with Gasteiger partial charge in [0.15, 0.2) is 0 Å². The lowest BCUT2D eigenvalue weighted by Crippen LogP contribution is -2.19. The molecule has 1 aromatic rings. The Morgan fingerprint density at radius 2 is 2.26 bits per heavy atom. The normalized spacial score (nSPS) is 15.9. The van der Waals surface area contributed by atoms with E-state index in [1.807, 2.05) is 0 Å². The second-order valence-electron chi connectivity index (χ2n) is 4.79. The van der Waals surface area contributed by atoms with Crippen molar-refractivity contribution < 1.29 is 10.0 Å². The largest absolute Gasteiger partial charge is 0.396 e. The molecule has 19 heavy (non-hydrogen) atoms. The van der Waals surface area contributed by atoms with E-state index in [1.54, 1.807) is 0 Å². The predicted octanol–water partition coefficient (Wildman–Crippen LogP) is 0.850. The van der Waals surface area contributed by atoms with Crippen LogP contribution in [-0.4, -0.2) is 28.2 Å². The van der Waals surface area contributed by atoms with Crippen LogP contribution in [-0.2, 0) is 0 Å².